The highest BCUT2D eigenvalue weighted by atomic mass is 79.9. The van der Waals surface area contributed by atoms with Gasteiger partial charge in [0, 0.05) is 15.5 Å². The Morgan fingerprint density at radius 1 is 1.47 bits per heavy atom. The van der Waals surface area contributed by atoms with Gasteiger partial charge in [0.25, 0.3) is 0 Å². The van der Waals surface area contributed by atoms with E-state index < -0.39 is 0 Å². The van der Waals surface area contributed by atoms with Gasteiger partial charge in [0.15, 0.2) is 0 Å². The van der Waals surface area contributed by atoms with Crippen molar-refractivity contribution in [1.29, 1.82) is 0 Å². The first-order valence-corrected chi connectivity index (χ1v) is 5.85. The molecular formula is C10H10BrClN2O. The molecule has 2 N–H and O–H groups in total. The van der Waals surface area contributed by atoms with Gasteiger partial charge < -0.3 is 10.6 Å². The van der Waals surface area contributed by atoms with Gasteiger partial charge in [0.2, 0.25) is 0 Å². The smallest absolute Gasteiger partial charge is 0.319 e. The number of carbonyl (C=O) groups excluding carboxylic acids is 1. The Morgan fingerprint density at radius 2 is 2.20 bits per heavy atom. The maximum Gasteiger partial charge on any atom is 0.319 e. The topological polar surface area (TPSA) is 41.1 Å². The molecule has 1 saturated carbocycles. The van der Waals surface area contributed by atoms with Crippen molar-refractivity contribution in [3.05, 3.63) is 27.7 Å². The summed E-state index contributed by atoms with van der Waals surface area (Å²) in [4.78, 5) is 11.4. The van der Waals surface area contributed by atoms with E-state index in [1.807, 2.05) is 0 Å². The molecule has 0 unspecified atom stereocenters. The molecule has 1 aromatic rings. The quantitative estimate of drug-likeness (QED) is 0.861. The minimum absolute atomic E-state index is 0.180. The van der Waals surface area contributed by atoms with Crippen molar-refractivity contribution in [2.24, 2.45) is 0 Å². The molecule has 1 aromatic carbocycles. The van der Waals surface area contributed by atoms with Crippen LogP contribution in [-0.4, -0.2) is 12.1 Å². The van der Waals surface area contributed by atoms with E-state index in [9.17, 15) is 4.79 Å². The lowest BCUT2D eigenvalue weighted by molar-refractivity contribution is 0.251. The van der Waals surface area contributed by atoms with Crippen molar-refractivity contribution in [3.63, 3.8) is 0 Å². The third-order valence-electron chi connectivity index (χ3n) is 2.09. The highest BCUT2D eigenvalue weighted by Gasteiger charge is 2.23. The number of carbonyl (C=O) groups is 1. The lowest BCUT2D eigenvalue weighted by Crippen LogP contribution is -2.30. The summed E-state index contributed by atoms with van der Waals surface area (Å²) in [5.74, 6) is 0. The minimum atomic E-state index is -0.180. The predicted molar refractivity (Wildman–Crippen MR) is 64.3 cm³/mol. The van der Waals surface area contributed by atoms with Crippen LogP contribution in [0.3, 0.4) is 0 Å². The summed E-state index contributed by atoms with van der Waals surface area (Å²) >= 11 is 9.17. The second-order valence-electron chi connectivity index (χ2n) is 3.50. The fraction of sp³-hybridized carbons (Fsp3) is 0.300. The monoisotopic (exact) mass is 288 g/mol. The number of urea groups is 1. The number of benzene rings is 1. The van der Waals surface area contributed by atoms with Crippen LogP contribution in [0.1, 0.15) is 12.8 Å². The summed E-state index contributed by atoms with van der Waals surface area (Å²) in [7, 11) is 0. The van der Waals surface area contributed by atoms with Gasteiger partial charge >= 0.3 is 6.03 Å². The van der Waals surface area contributed by atoms with Crippen LogP contribution < -0.4 is 10.6 Å². The first-order chi connectivity index (χ1) is 7.15. The Kier molecular flexibility index (Phi) is 3.17. The summed E-state index contributed by atoms with van der Waals surface area (Å²) in [5.41, 5.74) is 0.681. The molecule has 80 valence electrons. The lowest BCUT2D eigenvalue weighted by atomic mass is 10.3. The van der Waals surface area contributed by atoms with Crippen molar-refractivity contribution in [3.8, 4) is 0 Å². The molecule has 5 heteroatoms. The first-order valence-electron chi connectivity index (χ1n) is 4.68. The van der Waals surface area contributed by atoms with E-state index in [-0.39, 0.29) is 6.03 Å². The maximum absolute atomic E-state index is 11.4. The number of amides is 2. The average molecular weight is 290 g/mol. The van der Waals surface area contributed by atoms with Crippen molar-refractivity contribution in [2.75, 3.05) is 5.32 Å². The van der Waals surface area contributed by atoms with E-state index in [4.69, 9.17) is 11.6 Å². The molecule has 3 nitrogen and oxygen atoms in total. The van der Waals surface area contributed by atoms with Crippen LogP contribution in [0, 0.1) is 0 Å². The normalized spacial score (nSPS) is 14.8. The molecule has 1 aliphatic carbocycles. The van der Waals surface area contributed by atoms with Gasteiger partial charge in [-0.1, -0.05) is 11.6 Å². The van der Waals surface area contributed by atoms with Gasteiger partial charge in [-0.2, -0.15) is 0 Å². The Morgan fingerprint density at radius 3 is 2.87 bits per heavy atom. The summed E-state index contributed by atoms with van der Waals surface area (Å²) in [5, 5.41) is 6.17. The fourth-order valence-electron chi connectivity index (χ4n) is 1.16. The molecule has 0 aromatic heterocycles. The maximum atomic E-state index is 11.4. The number of halogens is 2. The summed E-state index contributed by atoms with van der Waals surface area (Å²) < 4.78 is 0.817. The Hall–Kier alpha value is -0.740. The van der Waals surface area contributed by atoms with Crippen molar-refractivity contribution < 1.29 is 4.79 Å². The minimum Gasteiger partial charge on any atom is -0.335 e. The van der Waals surface area contributed by atoms with Crippen LogP contribution in [0.4, 0.5) is 10.5 Å². The van der Waals surface area contributed by atoms with Gasteiger partial charge in [0.05, 0.1) is 5.69 Å². The van der Waals surface area contributed by atoms with Crippen LogP contribution in [-0.2, 0) is 0 Å². The van der Waals surface area contributed by atoms with Crippen molar-refractivity contribution in [2.45, 2.75) is 18.9 Å². The molecule has 0 radical (unpaired) electrons. The number of anilines is 1. The molecule has 0 aliphatic heterocycles. The zero-order valence-corrected chi connectivity index (χ0v) is 10.2. The van der Waals surface area contributed by atoms with Crippen LogP contribution in [0.2, 0.25) is 5.02 Å². The molecule has 1 fully saturated rings. The van der Waals surface area contributed by atoms with Gasteiger partial charge in [-0.3, -0.25) is 0 Å². The van der Waals surface area contributed by atoms with Crippen LogP contribution in [0.25, 0.3) is 0 Å². The molecule has 15 heavy (non-hydrogen) atoms. The molecule has 2 amide bonds. The summed E-state index contributed by atoms with van der Waals surface area (Å²) in [6, 6.07) is 5.44. The number of hydrogen-bond donors (Lipinski definition) is 2. The van der Waals surface area contributed by atoms with E-state index in [0.717, 1.165) is 17.3 Å². The zero-order valence-electron chi connectivity index (χ0n) is 7.89. The Bertz CT molecular complexity index is 393. The summed E-state index contributed by atoms with van der Waals surface area (Å²) in [6.07, 6.45) is 2.15. The molecular weight excluding hydrogens is 279 g/mol. The van der Waals surface area contributed by atoms with Crippen molar-refractivity contribution in [1.82, 2.24) is 5.32 Å². The molecule has 0 bridgehead atoms. The summed E-state index contributed by atoms with van der Waals surface area (Å²) in [6.45, 7) is 0. The van der Waals surface area contributed by atoms with Crippen LogP contribution in [0.15, 0.2) is 22.7 Å². The second-order valence-corrected chi connectivity index (χ2v) is 4.79. The largest absolute Gasteiger partial charge is 0.335 e. The van der Waals surface area contributed by atoms with E-state index in [1.165, 1.54) is 0 Å². The van der Waals surface area contributed by atoms with Crippen LogP contribution >= 0.6 is 27.5 Å². The van der Waals surface area contributed by atoms with Gasteiger partial charge in [-0.15, -0.1) is 0 Å². The molecule has 1 aliphatic rings. The third-order valence-corrected chi connectivity index (χ3v) is 3.02. The van der Waals surface area contributed by atoms with Gasteiger partial charge in [-0.05, 0) is 47.0 Å². The molecule has 0 saturated heterocycles. The fourth-order valence-corrected chi connectivity index (χ4v) is 1.68. The third kappa shape index (κ3) is 3.11. The number of hydrogen-bond acceptors (Lipinski definition) is 1. The Labute approximate surface area is 101 Å². The highest BCUT2D eigenvalue weighted by Crippen LogP contribution is 2.26. The van der Waals surface area contributed by atoms with E-state index in [1.54, 1.807) is 18.2 Å². The van der Waals surface area contributed by atoms with E-state index in [2.05, 4.69) is 26.6 Å². The van der Waals surface area contributed by atoms with Crippen molar-refractivity contribution >= 4 is 39.2 Å². The molecule has 0 spiro atoms. The zero-order chi connectivity index (χ0) is 10.8. The van der Waals surface area contributed by atoms with Crippen LogP contribution in [0.5, 0.6) is 0 Å². The Balaban J connectivity index is 2.01. The first kappa shape index (κ1) is 10.8. The molecule has 0 atom stereocenters. The average Bonchev–Trinajstić information content (AvgIpc) is 2.95. The molecule has 0 heterocycles. The van der Waals surface area contributed by atoms with E-state index in [0.29, 0.717) is 16.8 Å². The lowest BCUT2D eigenvalue weighted by Gasteiger charge is -2.08. The van der Waals surface area contributed by atoms with E-state index >= 15 is 0 Å². The number of nitrogens with one attached hydrogen (secondary N) is 2. The standard InChI is InChI=1S/C10H10BrClN2O/c11-8-4-1-6(12)5-9(8)14-10(15)13-7-2-3-7/h1,4-5,7H,2-3H2,(H2,13,14,15). The SMILES string of the molecule is O=C(Nc1cc(Cl)ccc1Br)NC1CC1. The van der Waals surface area contributed by atoms with Gasteiger partial charge in [0.1, 0.15) is 0 Å². The number of rotatable bonds is 2. The predicted octanol–water partition coefficient (Wildman–Crippen LogP) is 3.39. The second kappa shape index (κ2) is 4.41. The highest BCUT2D eigenvalue weighted by molar-refractivity contribution is 9.10. The van der Waals surface area contributed by atoms with Gasteiger partial charge in [-0.25, -0.2) is 4.79 Å². The molecule has 2 rings (SSSR count).